The number of amides is 1. The van der Waals surface area contributed by atoms with Gasteiger partial charge >= 0.3 is 0 Å². The Kier molecular flexibility index (Phi) is 4.35. The lowest BCUT2D eigenvalue weighted by atomic mass is 10.1. The molecule has 0 saturated carbocycles. The van der Waals surface area contributed by atoms with Crippen molar-refractivity contribution < 1.29 is 9.53 Å². The molecule has 1 aromatic carbocycles. The van der Waals surface area contributed by atoms with Gasteiger partial charge in [-0.25, -0.2) is 4.98 Å². The van der Waals surface area contributed by atoms with E-state index >= 15 is 0 Å². The molecule has 0 aliphatic carbocycles. The van der Waals surface area contributed by atoms with E-state index in [1.807, 2.05) is 11.8 Å². The number of ether oxygens (including phenoxy) is 1. The number of anilines is 1. The molecule has 0 unspecified atom stereocenters. The molecule has 2 aliphatic heterocycles. The average molecular weight is 343 g/mol. The molecule has 1 amide bonds. The SMILES string of the molecule is Cc1nc(-c2ccc3c(c2)CCN3C(=O)CN2CCOCC2)cs1. The zero-order valence-electron chi connectivity index (χ0n) is 13.8. The molecular weight excluding hydrogens is 322 g/mol. The van der Waals surface area contributed by atoms with Crippen LogP contribution in [0.4, 0.5) is 5.69 Å². The monoisotopic (exact) mass is 343 g/mol. The Balaban J connectivity index is 1.50. The summed E-state index contributed by atoms with van der Waals surface area (Å²) in [5.74, 6) is 0.188. The van der Waals surface area contributed by atoms with Crippen molar-refractivity contribution in [2.45, 2.75) is 13.3 Å². The van der Waals surface area contributed by atoms with Crippen molar-refractivity contribution in [1.29, 1.82) is 0 Å². The largest absolute Gasteiger partial charge is 0.379 e. The third-order valence-electron chi connectivity index (χ3n) is 4.65. The van der Waals surface area contributed by atoms with Crippen LogP contribution < -0.4 is 4.90 Å². The fourth-order valence-corrected chi connectivity index (χ4v) is 3.97. The number of thiazole rings is 1. The smallest absolute Gasteiger partial charge is 0.241 e. The van der Waals surface area contributed by atoms with Gasteiger partial charge in [-0.2, -0.15) is 0 Å². The Morgan fingerprint density at radius 1 is 1.29 bits per heavy atom. The van der Waals surface area contributed by atoms with Crippen molar-refractivity contribution in [3.8, 4) is 11.3 Å². The maximum atomic E-state index is 12.7. The molecule has 3 heterocycles. The highest BCUT2D eigenvalue weighted by Crippen LogP contribution is 2.32. The first-order valence-electron chi connectivity index (χ1n) is 8.36. The number of aryl methyl sites for hydroxylation is 1. The van der Waals surface area contributed by atoms with E-state index in [1.54, 1.807) is 11.3 Å². The third kappa shape index (κ3) is 3.09. The van der Waals surface area contributed by atoms with Crippen molar-refractivity contribution in [3.05, 3.63) is 34.2 Å². The van der Waals surface area contributed by atoms with Gasteiger partial charge < -0.3 is 9.64 Å². The molecule has 1 aromatic heterocycles. The van der Waals surface area contributed by atoms with Gasteiger partial charge in [-0.1, -0.05) is 6.07 Å². The molecule has 6 heteroatoms. The Morgan fingerprint density at radius 3 is 2.88 bits per heavy atom. The van der Waals surface area contributed by atoms with Crippen molar-refractivity contribution >= 4 is 22.9 Å². The molecule has 4 rings (SSSR count). The van der Waals surface area contributed by atoms with Gasteiger partial charge in [0, 0.05) is 36.3 Å². The molecule has 1 fully saturated rings. The molecule has 2 aliphatic rings. The number of hydrogen-bond acceptors (Lipinski definition) is 5. The molecule has 0 bridgehead atoms. The van der Waals surface area contributed by atoms with Gasteiger partial charge in [0.2, 0.25) is 5.91 Å². The van der Waals surface area contributed by atoms with E-state index in [9.17, 15) is 4.79 Å². The number of carbonyl (C=O) groups is 1. The van der Waals surface area contributed by atoms with Crippen LogP contribution in [-0.4, -0.2) is 55.2 Å². The first-order valence-corrected chi connectivity index (χ1v) is 9.24. The maximum Gasteiger partial charge on any atom is 0.241 e. The predicted octanol–water partition coefficient (Wildman–Crippen LogP) is 2.34. The normalized spacial score (nSPS) is 18.0. The molecule has 0 atom stereocenters. The fraction of sp³-hybridized carbons (Fsp3) is 0.444. The summed E-state index contributed by atoms with van der Waals surface area (Å²) in [5, 5.41) is 3.17. The van der Waals surface area contributed by atoms with E-state index in [0.717, 1.165) is 61.2 Å². The lowest BCUT2D eigenvalue weighted by Crippen LogP contribution is -2.44. The lowest BCUT2D eigenvalue weighted by Gasteiger charge is -2.28. The quantitative estimate of drug-likeness (QED) is 0.858. The van der Waals surface area contributed by atoms with Crippen molar-refractivity contribution in [2.75, 3.05) is 44.3 Å². The Bertz CT molecular complexity index is 752. The van der Waals surface area contributed by atoms with Gasteiger partial charge in [-0.05, 0) is 31.0 Å². The highest BCUT2D eigenvalue weighted by Gasteiger charge is 2.26. The summed E-state index contributed by atoms with van der Waals surface area (Å²) in [4.78, 5) is 21.3. The second kappa shape index (κ2) is 6.63. The number of nitrogens with zero attached hydrogens (tertiary/aromatic N) is 3. The predicted molar refractivity (Wildman–Crippen MR) is 95.6 cm³/mol. The molecule has 0 radical (unpaired) electrons. The number of rotatable bonds is 3. The molecule has 5 nitrogen and oxygen atoms in total. The van der Waals surface area contributed by atoms with Crippen LogP contribution in [0.2, 0.25) is 0 Å². The Labute approximate surface area is 145 Å². The van der Waals surface area contributed by atoms with Crippen LogP contribution in [0.1, 0.15) is 10.6 Å². The van der Waals surface area contributed by atoms with Crippen LogP contribution in [0.25, 0.3) is 11.3 Å². The second-order valence-corrected chi connectivity index (χ2v) is 7.34. The molecule has 2 aromatic rings. The number of aromatic nitrogens is 1. The zero-order chi connectivity index (χ0) is 16.5. The topological polar surface area (TPSA) is 45.7 Å². The Hall–Kier alpha value is -1.76. The van der Waals surface area contributed by atoms with Crippen molar-refractivity contribution in [3.63, 3.8) is 0 Å². The highest BCUT2D eigenvalue weighted by atomic mass is 32.1. The molecule has 0 spiro atoms. The first kappa shape index (κ1) is 15.7. The van der Waals surface area contributed by atoms with Crippen LogP contribution in [0.5, 0.6) is 0 Å². The van der Waals surface area contributed by atoms with E-state index in [0.29, 0.717) is 6.54 Å². The molecule has 0 N–H and O–H groups in total. The fourth-order valence-electron chi connectivity index (χ4n) is 3.35. The molecule has 1 saturated heterocycles. The van der Waals surface area contributed by atoms with E-state index < -0.39 is 0 Å². The van der Waals surface area contributed by atoms with Crippen LogP contribution in [-0.2, 0) is 16.0 Å². The van der Waals surface area contributed by atoms with Gasteiger partial charge in [0.25, 0.3) is 0 Å². The van der Waals surface area contributed by atoms with Gasteiger partial charge in [0.05, 0.1) is 30.5 Å². The van der Waals surface area contributed by atoms with Crippen LogP contribution in [0, 0.1) is 6.92 Å². The first-order chi connectivity index (χ1) is 11.7. The summed E-state index contributed by atoms with van der Waals surface area (Å²) in [6, 6.07) is 6.34. The van der Waals surface area contributed by atoms with E-state index in [1.165, 1.54) is 5.56 Å². The number of benzene rings is 1. The highest BCUT2D eigenvalue weighted by molar-refractivity contribution is 7.09. The maximum absolute atomic E-state index is 12.7. The summed E-state index contributed by atoms with van der Waals surface area (Å²) >= 11 is 1.67. The molecule has 126 valence electrons. The number of hydrogen-bond donors (Lipinski definition) is 0. The van der Waals surface area contributed by atoms with Crippen LogP contribution in [0.15, 0.2) is 23.6 Å². The number of fused-ring (bicyclic) bond motifs is 1. The number of morpholine rings is 1. The van der Waals surface area contributed by atoms with E-state index in [4.69, 9.17) is 4.74 Å². The minimum atomic E-state index is 0.188. The second-order valence-electron chi connectivity index (χ2n) is 6.28. The summed E-state index contributed by atoms with van der Waals surface area (Å²) in [6.45, 7) is 6.41. The van der Waals surface area contributed by atoms with Gasteiger partial charge in [0.15, 0.2) is 0 Å². The zero-order valence-corrected chi connectivity index (χ0v) is 14.6. The van der Waals surface area contributed by atoms with Crippen LogP contribution >= 0.6 is 11.3 Å². The molecular formula is C18H21N3O2S. The minimum Gasteiger partial charge on any atom is -0.379 e. The van der Waals surface area contributed by atoms with Crippen molar-refractivity contribution in [1.82, 2.24) is 9.88 Å². The summed E-state index contributed by atoms with van der Waals surface area (Å²) in [7, 11) is 0. The van der Waals surface area contributed by atoms with Gasteiger partial charge in [-0.15, -0.1) is 11.3 Å². The lowest BCUT2D eigenvalue weighted by molar-refractivity contribution is -0.120. The molecule has 24 heavy (non-hydrogen) atoms. The minimum absolute atomic E-state index is 0.188. The van der Waals surface area contributed by atoms with Crippen molar-refractivity contribution in [2.24, 2.45) is 0 Å². The number of carbonyl (C=O) groups excluding carboxylic acids is 1. The Morgan fingerprint density at radius 2 is 2.12 bits per heavy atom. The summed E-state index contributed by atoms with van der Waals surface area (Å²) < 4.78 is 5.35. The van der Waals surface area contributed by atoms with E-state index in [2.05, 4.69) is 33.5 Å². The standard InChI is InChI=1S/C18H21N3O2S/c1-13-19-16(12-24-13)14-2-3-17-15(10-14)4-5-21(17)18(22)11-20-6-8-23-9-7-20/h2-3,10,12H,4-9,11H2,1H3. The average Bonchev–Trinajstić information content (AvgIpc) is 3.21. The van der Waals surface area contributed by atoms with Gasteiger partial charge in [0.1, 0.15) is 0 Å². The summed E-state index contributed by atoms with van der Waals surface area (Å²) in [5.41, 5.74) is 4.47. The third-order valence-corrected chi connectivity index (χ3v) is 5.43. The van der Waals surface area contributed by atoms with E-state index in [-0.39, 0.29) is 5.91 Å². The summed E-state index contributed by atoms with van der Waals surface area (Å²) in [6.07, 6.45) is 0.918. The van der Waals surface area contributed by atoms with Gasteiger partial charge in [-0.3, -0.25) is 9.69 Å². The van der Waals surface area contributed by atoms with Crippen LogP contribution in [0.3, 0.4) is 0 Å².